The van der Waals surface area contributed by atoms with Crippen LogP contribution < -0.4 is 5.32 Å². The third kappa shape index (κ3) is 7.79. The molecule has 0 fully saturated rings. The molecule has 3 rings (SSSR count). The number of amides is 1. The summed E-state index contributed by atoms with van der Waals surface area (Å²) in [4.78, 5) is 23.6. The first-order valence-corrected chi connectivity index (χ1v) is 12.3. The SMILES string of the molecule is CC.COC(=O)CCCCCCNC(=O)c1ccc(C(O)(c2ccccc2)c2ccccc2)cc1. The molecule has 0 saturated heterocycles. The quantitative estimate of drug-likeness (QED) is 0.207. The van der Waals surface area contributed by atoms with Crippen LogP contribution in [-0.4, -0.2) is 30.6 Å². The summed E-state index contributed by atoms with van der Waals surface area (Å²) in [6.07, 6.45) is 3.96. The molecule has 0 aliphatic carbocycles. The van der Waals surface area contributed by atoms with Gasteiger partial charge in [0.1, 0.15) is 5.60 Å². The Hall–Kier alpha value is -3.44. The molecule has 0 heterocycles. The molecule has 0 atom stereocenters. The van der Waals surface area contributed by atoms with Gasteiger partial charge in [-0.15, -0.1) is 0 Å². The zero-order valence-corrected chi connectivity index (χ0v) is 21.0. The fraction of sp³-hybridized carbons (Fsp3) is 0.333. The number of benzene rings is 3. The number of carbonyl (C=O) groups is 2. The van der Waals surface area contributed by atoms with Crippen molar-refractivity contribution >= 4 is 11.9 Å². The zero-order valence-electron chi connectivity index (χ0n) is 21.0. The van der Waals surface area contributed by atoms with E-state index < -0.39 is 5.60 Å². The first-order valence-electron chi connectivity index (χ1n) is 12.3. The number of hydrogen-bond acceptors (Lipinski definition) is 4. The van der Waals surface area contributed by atoms with Crippen LogP contribution in [-0.2, 0) is 15.1 Å². The number of ether oxygens (including phenoxy) is 1. The van der Waals surface area contributed by atoms with Crippen LogP contribution in [0.5, 0.6) is 0 Å². The topological polar surface area (TPSA) is 75.6 Å². The molecule has 0 bridgehead atoms. The van der Waals surface area contributed by atoms with E-state index in [1.54, 1.807) is 12.1 Å². The van der Waals surface area contributed by atoms with E-state index in [9.17, 15) is 14.7 Å². The number of aliphatic hydroxyl groups is 1. The lowest BCUT2D eigenvalue weighted by Gasteiger charge is -2.30. The number of esters is 1. The van der Waals surface area contributed by atoms with E-state index >= 15 is 0 Å². The van der Waals surface area contributed by atoms with Gasteiger partial charge in [-0.25, -0.2) is 0 Å². The Bertz CT molecular complexity index is 978. The fourth-order valence-electron chi connectivity index (χ4n) is 3.88. The minimum Gasteiger partial charge on any atom is -0.469 e. The van der Waals surface area contributed by atoms with Crippen molar-refractivity contribution in [3.05, 3.63) is 107 Å². The second kappa shape index (κ2) is 14.7. The zero-order chi connectivity index (χ0) is 25.5. The van der Waals surface area contributed by atoms with E-state index in [1.807, 2.05) is 86.6 Å². The highest BCUT2D eigenvalue weighted by Gasteiger charge is 2.33. The fourth-order valence-corrected chi connectivity index (χ4v) is 3.88. The van der Waals surface area contributed by atoms with Crippen molar-refractivity contribution in [1.82, 2.24) is 5.32 Å². The van der Waals surface area contributed by atoms with Gasteiger partial charge in [-0.3, -0.25) is 9.59 Å². The van der Waals surface area contributed by atoms with Crippen LogP contribution in [0.4, 0.5) is 0 Å². The monoisotopic (exact) mass is 475 g/mol. The van der Waals surface area contributed by atoms with Crippen LogP contribution in [0.25, 0.3) is 0 Å². The second-order valence-corrected chi connectivity index (χ2v) is 8.02. The van der Waals surface area contributed by atoms with Crippen molar-refractivity contribution in [1.29, 1.82) is 0 Å². The summed E-state index contributed by atoms with van der Waals surface area (Å²) in [5.41, 5.74) is 1.46. The molecule has 0 spiro atoms. The van der Waals surface area contributed by atoms with Crippen LogP contribution >= 0.6 is 0 Å². The third-order valence-corrected chi connectivity index (χ3v) is 5.77. The number of nitrogens with one attached hydrogen (secondary N) is 1. The molecule has 0 aliphatic rings. The molecule has 5 nitrogen and oxygen atoms in total. The average Bonchev–Trinajstić information content (AvgIpc) is 2.94. The number of rotatable bonds is 11. The highest BCUT2D eigenvalue weighted by Crippen LogP contribution is 2.36. The number of hydrogen-bond donors (Lipinski definition) is 2. The Balaban J connectivity index is 0.00000210. The Morgan fingerprint density at radius 3 is 1.74 bits per heavy atom. The van der Waals surface area contributed by atoms with E-state index in [0.29, 0.717) is 24.1 Å². The average molecular weight is 476 g/mol. The van der Waals surface area contributed by atoms with Gasteiger partial charge in [-0.1, -0.05) is 99.5 Å². The molecule has 186 valence electrons. The van der Waals surface area contributed by atoms with Crippen molar-refractivity contribution in [2.24, 2.45) is 0 Å². The van der Waals surface area contributed by atoms with Crippen LogP contribution in [0.15, 0.2) is 84.9 Å². The van der Waals surface area contributed by atoms with Crippen LogP contribution in [0.1, 0.15) is 73.0 Å². The molecule has 0 aliphatic heterocycles. The highest BCUT2D eigenvalue weighted by molar-refractivity contribution is 5.94. The van der Waals surface area contributed by atoms with E-state index in [-0.39, 0.29) is 11.9 Å². The molecule has 0 saturated carbocycles. The minimum atomic E-state index is -1.32. The van der Waals surface area contributed by atoms with Crippen molar-refractivity contribution in [2.45, 2.75) is 51.6 Å². The van der Waals surface area contributed by atoms with Gasteiger partial charge in [0.2, 0.25) is 0 Å². The van der Waals surface area contributed by atoms with E-state index in [1.165, 1.54) is 7.11 Å². The first kappa shape index (κ1) is 27.8. The normalized spacial score (nSPS) is 10.6. The van der Waals surface area contributed by atoms with Crippen molar-refractivity contribution in [3.8, 4) is 0 Å². The molecular formula is C30H37NO4. The summed E-state index contributed by atoms with van der Waals surface area (Å²) < 4.78 is 4.63. The molecule has 0 radical (unpaired) electrons. The maximum atomic E-state index is 12.5. The molecule has 0 aromatic heterocycles. The van der Waals surface area contributed by atoms with Gasteiger partial charge in [-0.2, -0.15) is 0 Å². The third-order valence-electron chi connectivity index (χ3n) is 5.77. The lowest BCUT2D eigenvalue weighted by atomic mass is 9.80. The van der Waals surface area contributed by atoms with Crippen molar-refractivity contribution in [2.75, 3.05) is 13.7 Å². The summed E-state index contributed by atoms with van der Waals surface area (Å²) in [7, 11) is 1.40. The lowest BCUT2D eigenvalue weighted by molar-refractivity contribution is -0.140. The highest BCUT2D eigenvalue weighted by atomic mass is 16.5. The summed E-state index contributed by atoms with van der Waals surface area (Å²) >= 11 is 0. The Morgan fingerprint density at radius 1 is 0.743 bits per heavy atom. The molecule has 0 unspecified atom stereocenters. The summed E-state index contributed by atoms with van der Waals surface area (Å²) in [5, 5.41) is 14.8. The molecule has 3 aromatic rings. The molecule has 3 aromatic carbocycles. The number of methoxy groups -OCH3 is 1. The van der Waals surface area contributed by atoms with Gasteiger partial charge in [0.25, 0.3) is 5.91 Å². The van der Waals surface area contributed by atoms with Crippen molar-refractivity contribution < 1.29 is 19.4 Å². The van der Waals surface area contributed by atoms with Gasteiger partial charge >= 0.3 is 5.97 Å². The largest absolute Gasteiger partial charge is 0.469 e. The summed E-state index contributed by atoms with van der Waals surface area (Å²) in [5.74, 6) is -0.322. The van der Waals surface area contributed by atoms with Crippen LogP contribution in [0.2, 0.25) is 0 Å². The van der Waals surface area contributed by atoms with Crippen molar-refractivity contribution in [3.63, 3.8) is 0 Å². The Morgan fingerprint density at radius 2 is 1.23 bits per heavy atom. The maximum Gasteiger partial charge on any atom is 0.305 e. The van der Waals surface area contributed by atoms with E-state index in [0.717, 1.165) is 36.8 Å². The van der Waals surface area contributed by atoms with Gasteiger partial charge in [0, 0.05) is 18.5 Å². The van der Waals surface area contributed by atoms with E-state index in [2.05, 4.69) is 10.1 Å². The van der Waals surface area contributed by atoms with Crippen LogP contribution in [0.3, 0.4) is 0 Å². The molecule has 5 heteroatoms. The minimum absolute atomic E-state index is 0.140. The Kier molecular flexibility index (Phi) is 11.7. The summed E-state index contributed by atoms with van der Waals surface area (Å²) in [6, 6.07) is 26.2. The maximum absolute atomic E-state index is 12.5. The summed E-state index contributed by atoms with van der Waals surface area (Å²) in [6.45, 7) is 4.58. The van der Waals surface area contributed by atoms with Gasteiger partial charge < -0.3 is 15.2 Å². The van der Waals surface area contributed by atoms with Gasteiger partial charge in [0.05, 0.1) is 7.11 Å². The smallest absolute Gasteiger partial charge is 0.305 e. The number of unbranched alkanes of at least 4 members (excludes halogenated alkanes) is 3. The van der Waals surface area contributed by atoms with Gasteiger partial charge in [0.15, 0.2) is 0 Å². The van der Waals surface area contributed by atoms with Gasteiger partial charge in [-0.05, 0) is 41.7 Å². The lowest BCUT2D eigenvalue weighted by Crippen LogP contribution is -2.29. The molecule has 2 N–H and O–H groups in total. The molecule has 1 amide bonds. The second-order valence-electron chi connectivity index (χ2n) is 8.02. The predicted octanol–water partition coefficient (Wildman–Crippen LogP) is 5.85. The predicted molar refractivity (Wildman–Crippen MR) is 140 cm³/mol. The first-order chi connectivity index (χ1) is 17.1. The standard InChI is InChI=1S/C28H31NO4.C2H6/c1-33-26(30)16-10-2-3-11-21-29-27(31)22-17-19-25(20-18-22)28(32,23-12-6-4-7-13-23)24-14-8-5-9-15-24;1-2/h4-9,12-15,17-20,32H,2-3,10-11,16,21H2,1H3,(H,29,31);1-2H3. The van der Waals surface area contributed by atoms with Crippen LogP contribution in [0, 0.1) is 0 Å². The molecule has 35 heavy (non-hydrogen) atoms. The number of carbonyl (C=O) groups excluding carboxylic acids is 2. The van der Waals surface area contributed by atoms with E-state index in [4.69, 9.17) is 0 Å². The Labute approximate surface area is 209 Å². The molecular weight excluding hydrogens is 438 g/mol.